The molecule has 1 aromatic heterocycles. The molecule has 0 aromatic carbocycles. The van der Waals surface area contributed by atoms with Gasteiger partial charge in [-0.05, 0) is 6.42 Å². The van der Waals surface area contributed by atoms with Crippen molar-refractivity contribution >= 4 is 22.9 Å². The molecule has 0 N–H and O–H groups in total. The number of aromatic nitrogens is 3. The second kappa shape index (κ2) is 4.57. The number of fused-ring (bicyclic) bond motifs is 1. The van der Waals surface area contributed by atoms with Gasteiger partial charge in [-0.25, -0.2) is 12.8 Å². The zero-order chi connectivity index (χ0) is 9.97. The number of hydrogen-bond donors (Lipinski definition) is 0. The van der Waals surface area contributed by atoms with Crippen molar-refractivity contribution < 1.29 is 0 Å². The van der Waals surface area contributed by atoms with Crippen molar-refractivity contribution in [1.29, 1.82) is 0 Å². The highest BCUT2D eigenvalue weighted by atomic mass is 127. The first-order chi connectivity index (χ1) is 6.79. The molecule has 0 spiro atoms. The van der Waals surface area contributed by atoms with E-state index in [0.717, 1.165) is 37.7 Å². The average Bonchev–Trinajstić information content (AvgIpc) is 2.56. The van der Waals surface area contributed by atoms with Crippen molar-refractivity contribution in [2.45, 2.75) is 39.3 Å². The van der Waals surface area contributed by atoms with Gasteiger partial charge in [-0.1, -0.05) is 13.3 Å². The molecule has 14 heavy (non-hydrogen) atoms. The molecule has 1 aliphatic heterocycles. The minimum atomic E-state index is 0.930. The second-order valence-electron chi connectivity index (χ2n) is 3.62. The monoisotopic (exact) mass is 306 g/mol. The minimum Gasteiger partial charge on any atom is -0.247 e. The molecule has 0 atom stereocenters. The van der Waals surface area contributed by atoms with Crippen LogP contribution in [0.25, 0.3) is 0 Å². The van der Waals surface area contributed by atoms with E-state index in [1.54, 1.807) is 0 Å². The van der Waals surface area contributed by atoms with Crippen LogP contribution < -0.4 is 0 Å². The number of nitrogens with zero attached hydrogens (tertiary/aromatic N) is 4. The van der Waals surface area contributed by atoms with Gasteiger partial charge in [0, 0.05) is 35.8 Å². The van der Waals surface area contributed by atoms with Crippen molar-refractivity contribution in [3.8, 4) is 0 Å². The first-order valence-corrected chi connectivity index (χ1v) is 6.09. The van der Waals surface area contributed by atoms with E-state index in [2.05, 4.69) is 47.7 Å². The number of halogens is 1. The molecule has 2 rings (SSSR count). The molecule has 1 aromatic rings. The fraction of sp³-hybridized carbons (Fsp3) is 0.778. The zero-order valence-electron chi connectivity index (χ0n) is 8.41. The van der Waals surface area contributed by atoms with Crippen molar-refractivity contribution in [3.63, 3.8) is 0 Å². The Morgan fingerprint density at radius 2 is 2.29 bits per heavy atom. The van der Waals surface area contributed by atoms with Crippen molar-refractivity contribution in [2.24, 2.45) is 0 Å². The first kappa shape index (κ1) is 10.4. The van der Waals surface area contributed by atoms with Gasteiger partial charge in [0.15, 0.2) is 5.82 Å². The smallest absolute Gasteiger partial charge is 0.151 e. The first-order valence-electron chi connectivity index (χ1n) is 5.13. The maximum absolute atomic E-state index is 4.54. The van der Waals surface area contributed by atoms with Crippen LogP contribution in [0.5, 0.6) is 0 Å². The van der Waals surface area contributed by atoms with Crippen molar-refractivity contribution in [3.05, 3.63) is 11.6 Å². The van der Waals surface area contributed by atoms with E-state index < -0.39 is 0 Å². The van der Waals surface area contributed by atoms with E-state index in [0.29, 0.717) is 0 Å². The summed E-state index contributed by atoms with van der Waals surface area (Å²) in [6, 6.07) is 0. The Morgan fingerprint density at radius 1 is 1.43 bits per heavy atom. The Morgan fingerprint density at radius 3 is 3.07 bits per heavy atom. The van der Waals surface area contributed by atoms with E-state index in [-0.39, 0.29) is 0 Å². The molecule has 4 nitrogen and oxygen atoms in total. The van der Waals surface area contributed by atoms with Gasteiger partial charge in [0.2, 0.25) is 0 Å². The summed E-state index contributed by atoms with van der Waals surface area (Å²) in [6.07, 6.45) is 3.43. The van der Waals surface area contributed by atoms with Gasteiger partial charge in [0.05, 0.1) is 13.1 Å². The minimum absolute atomic E-state index is 0.930. The van der Waals surface area contributed by atoms with Crippen molar-refractivity contribution in [1.82, 2.24) is 17.9 Å². The standard InChI is InChI=1S/C9H15IN4/c1-2-3-4-8-11-9-7-13(10)5-6-14(9)12-8/h2-7H2,1H3. The Kier molecular flexibility index (Phi) is 3.38. The molecule has 0 saturated heterocycles. The molecule has 0 saturated carbocycles. The fourth-order valence-corrected chi connectivity index (χ4v) is 2.12. The van der Waals surface area contributed by atoms with Crippen LogP contribution in [0.15, 0.2) is 0 Å². The van der Waals surface area contributed by atoms with E-state index in [1.165, 1.54) is 12.8 Å². The topological polar surface area (TPSA) is 34.0 Å². The predicted molar refractivity (Wildman–Crippen MR) is 63.1 cm³/mol. The van der Waals surface area contributed by atoms with Crippen molar-refractivity contribution in [2.75, 3.05) is 6.54 Å². The molecule has 0 radical (unpaired) electrons. The van der Waals surface area contributed by atoms with E-state index in [4.69, 9.17) is 0 Å². The number of rotatable bonds is 3. The molecule has 0 bridgehead atoms. The third kappa shape index (κ3) is 2.25. The molecule has 0 amide bonds. The lowest BCUT2D eigenvalue weighted by atomic mass is 10.2. The maximum Gasteiger partial charge on any atom is 0.151 e. The summed E-state index contributed by atoms with van der Waals surface area (Å²) in [5.41, 5.74) is 0. The zero-order valence-corrected chi connectivity index (χ0v) is 10.6. The van der Waals surface area contributed by atoms with Gasteiger partial charge in [-0.15, -0.1) is 0 Å². The highest BCUT2D eigenvalue weighted by Crippen LogP contribution is 2.14. The molecule has 0 fully saturated rings. The largest absolute Gasteiger partial charge is 0.247 e. The summed E-state index contributed by atoms with van der Waals surface area (Å²) < 4.78 is 4.31. The van der Waals surface area contributed by atoms with Gasteiger partial charge < -0.3 is 0 Å². The third-order valence-electron chi connectivity index (χ3n) is 2.41. The van der Waals surface area contributed by atoms with Crippen LogP contribution >= 0.6 is 22.9 Å². The van der Waals surface area contributed by atoms with Crippen LogP contribution in [0.2, 0.25) is 0 Å². The lowest BCUT2D eigenvalue weighted by molar-refractivity contribution is 0.373. The van der Waals surface area contributed by atoms with Crippen LogP contribution in [0, 0.1) is 0 Å². The molecule has 0 aliphatic carbocycles. The molecule has 5 heteroatoms. The summed E-state index contributed by atoms with van der Waals surface area (Å²) in [5, 5.41) is 4.50. The van der Waals surface area contributed by atoms with Gasteiger partial charge in [0.1, 0.15) is 5.82 Å². The van der Waals surface area contributed by atoms with E-state index >= 15 is 0 Å². The highest BCUT2D eigenvalue weighted by molar-refractivity contribution is 14.1. The summed E-state index contributed by atoms with van der Waals surface area (Å²) >= 11 is 2.34. The van der Waals surface area contributed by atoms with E-state index in [9.17, 15) is 0 Å². The third-order valence-corrected chi connectivity index (χ3v) is 3.24. The van der Waals surface area contributed by atoms with Gasteiger partial charge in [-0.2, -0.15) is 5.10 Å². The van der Waals surface area contributed by atoms with Crippen LogP contribution in [0.4, 0.5) is 0 Å². The SMILES string of the molecule is CCCCc1nc2n(n1)CCN(I)C2. The Hall–Kier alpha value is -0.170. The van der Waals surface area contributed by atoms with Gasteiger partial charge in [0.25, 0.3) is 0 Å². The lowest BCUT2D eigenvalue weighted by Gasteiger charge is -2.19. The average molecular weight is 306 g/mol. The summed E-state index contributed by atoms with van der Waals surface area (Å²) in [7, 11) is 0. The molecule has 1 aliphatic rings. The van der Waals surface area contributed by atoms with Gasteiger partial charge >= 0.3 is 0 Å². The van der Waals surface area contributed by atoms with Gasteiger partial charge in [-0.3, -0.25) is 0 Å². The van der Waals surface area contributed by atoms with Crippen LogP contribution in [0.3, 0.4) is 0 Å². The van der Waals surface area contributed by atoms with Crippen LogP contribution in [-0.2, 0) is 19.5 Å². The molecule has 0 unspecified atom stereocenters. The Bertz CT molecular complexity index is 310. The molecule has 78 valence electrons. The van der Waals surface area contributed by atoms with Crippen LogP contribution in [0.1, 0.15) is 31.4 Å². The number of unbranched alkanes of at least 4 members (excludes halogenated alkanes) is 1. The predicted octanol–water partition coefficient (Wildman–Crippen LogP) is 1.79. The fourth-order valence-electron chi connectivity index (χ4n) is 1.60. The highest BCUT2D eigenvalue weighted by Gasteiger charge is 2.17. The Labute approximate surface area is 98.2 Å². The van der Waals surface area contributed by atoms with E-state index in [1.807, 2.05) is 0 Å². The Balaban J connectivity index is 2.07. The maximum atomic E-state index is 4.54. The van der Waals surface area contributed by atoms with Crippen LogP contribution in [-0.4, -0.2) is 24.4 Å². The molecule has 2 heterocycles. The lowest BCUT2D eigenvalue weighted by Crippen LogP contribution is -2.26. The number of hydrogen-bond acceptors (Lipinski definition) is 3. The molecular weight excluding hydrogens is 291 g/mol. The quantitative estimate of drug-likeness (QED) is 0.631. The number of aryl methyl sites for hydroxylation is 1. The molecular formula is C9H15IN4. The summed E-state index contributed by atoms with van der Waals surface area (Å²) in [6.45, 7) is 5.18. The second-order valence-corrected chi connectivity index (χ2v) is 4.98. The summed E-state index contributed by atoms with van der Waals surface area (Å²) in [5.74, 6) is 2.14. The normalized spacial score (nSPS) is 17.0. The summed E-state index contributed by atoms with van der Waals surface area (Å²) in [4.78, 5) is 4.54.